The first kappa shape index (κ1) is 11.7. The first-order valence-corrected chi connectivity index (χ1v) is 5.08. The first-order chi connectivity index (χ1) is 6.85. The van der Waals surface area contributed by atoms with E-state index in [-0.39, 0.29) is 6.04 Å². The summed E-state index contributed by atoms with van der Waals surface area (Å²) in [5, 5.41) is 13.2. The molecular formula is C11H18N4. The minimum atomic E-state index is -0.786. The molecule has 0 amide bonds. The molecule has 1 aromatic heterocycles. The van der Waals surface area contributed by atoms with Crippen LogP contribution in [0, 0.1) is 25.2 Å². The summed E-state index contributed by atoms with van der Waals surface area (Å²) < 4.78 is 1.93. The van der Waals surface area contributed by atoms with Crippen molar-refractivity contribution >= 4 is 0 Å². The fraction of sp³-hybridized carbons (Fsp3) is 0.636. The summed E-state index contributed by atoms with van der Waals surface area (Å²) in [6.07, 6.45) is 0.603. The van der Waals surface area contributed by atoms with E-state index >= 15 is 0 Å². The standard InChI is InChI=1S/C11H18N4/c1-8-5-9(2)15(14-8)10(3)6-11(4,13)7-12/h5,10H,6,13H2,1-4H3. The van der Waals surface area contributed by atoms with Crippen LogP contribution in [0.2, 0.25) is 0 Å². The van der Waals surface area contributed by atoms with Crippen LogP contribution >= 0.6 is 0 Å². The molecule has 2 N–H and O–H groups in total. The molecule has 0 saturated carbocycles. The van der Waals surface area contributed by atoms with Gasteiger partial charge in [-0.15, -0.1) is 0 Å². The van der Waals surface area contributed by atoms with Crippen molar-refractivity contribution in [3.63, 3.8) is 0 Å². The Bertz CT molecular complexity index is 384. The number of rotatable bonds is 3. The average molecular weight is 206 g/mol. The average Bonchev–Trinajstić information content (AvgIpc) is 2.45. The van der Waals surface area contributed by atoms with Gasteiger partial charge >= 0.3 is 0 Å². The van der Waals surface area contributed by atoms with E-state index in [0.29, 0.717) is 6.42 Å². The van der Waals surface area contributed by atoms with Crippen LogP contribution in [-0.4, -0.2) is 15.3 Å². The molecule has 82 valence electrons. The number of nitrogens with zero attached hydrogens (tertiary/aromatic N) is 3. The molecule has 0 radical (unpaired) electrons. The monoisotopic (exact) mass is 206 g/mol. The fourth-order valence-corrected chi connectivity index (χ4v) is 1.84. The molecule has 1 aromatic rings. The van der Waals surface area contributed by atoms with E-state index in [2.05, 4.69) is 11.2 Å². The van der Waals surface area contributed by atoms with E-state index in [1.807, 2.05) is 31.5 Å². The molecule has 0 aromatic carbocycles. The molecule has 0 aliphatic heterocycles. The van der Waals surface area contributed by atoms with Crippen LogP contribution in [0.4, 0.5) is 0 Å². The molecular weight excluding hydrogens is 188 g/mol. The van der Waals surface area contributed by atoms with Crippen molar-refractivity contribution in [2.45, 2.75) is 45.7 Å². The molecule has 15 heavy (non-hydrogen) atoms. The maximum absolute atomic E-state index is 8.86. The summed E-state index contributed by atoms with van der Waals surface area (Å²) >= 11 is 0. The van der Waals surface area contributed by atoms with Gasteiger partial charge in [-0.3, -0.25) is 4.68 Å². The lowest BCUT2D eigenvalue weighted by atomic mass is 9.97. The van der Waals surface area contributed by atoms with Gasteiger partial charge in [-0.25, -0.2) is 0 Å². The van der Waals surface area contributed by atoms with E-state index in [9.17, 15) is 0 Å². The normalized spacial score (nSPS) is 16.8. The van der Waals surface area contributed by atoms with Gasteiger partial charge in [-0.05, 0) is 33.8 Å². The second-order valence-electron chi connectivity index (χ2n) is 4.45. The smallest absolute Gasteiger partial charge is 0.103 e. The number of aryl methyl sites for hydroxylation is 2. The lowest BCUT2D eigenvalue weighted by molar-refractivity contribution is 0.380. The molecule has 2 unspecified atom stereocenters. The third-order valence-corrected chi connectivity index (χ3v) is 2.44. The number of nitrogens with two attached hydrogens (primary N) is 1. The molecule has 1 heterocycles. The molecule has 1 rings (SSSR count). The van der Waals surface area contributed by atoms with Crippen molar-refractivity contribution in [3.8, 4) is 6.07 Å². The largest absolute Gasteiger partial charge is 0.314 e. The Balaban J connectivity index is 2.83. The first-order valence-electron chi connectivity index (χ1n) is 5.08. The highest BCUT2D eigenvalue weighted by Crippen LogP contribution is 2.19. The topological polar surface area (TPSA) is 67.6 Å². The van der Waals surface area contributed by atoms with Gasteiger partial charge in [0.1, 0.15) is 5.54 Å². The molecule has 0 aliphatic rings. The zero-order valence-corrected chi connectivity index (χ0v) is 9.78. The predicted molar refractivity (Wildman–Crippen MR) is 59.2 cm³/mol. The van der Waals surface area contributed by atoms with Gasteiger partial charge in [0.25, 0.3) is 0 Å². The zero-order chi connectivity index (χ0) is 11.6. The van der Waals surface area contributed by atoms with Gasteiger partial charge in [0.05, 0.1) is 17.8 Å². The Kier molecular flexibility index (Phi) is 3.15. The van der Waals surface area contributed by atoms with Crippen LogP contribution in [0.5, 0.6) is 0 Å². The van der Waals surface area contributed by atoms with Crippen LogP contribution in [0.1, 0.15) is 37.7 Å². The van der Waals surface area contributed by atoms with Crippen LogP contribution in [0.15, 0.2) is 6.07 Å². The van der Waals surface area contributed by atoms with Crippen LogP contribution in [0.3, 0.4) is 0 Å². The van der Waals surface area contributed by atoms with Crippen molar-refractivity contribution in [1.82, 2.24) is 9.78 Å². The molecule has 4 nitrogen and oxygen atoms in total. The van der Waals surface area contributed by atoms with Gasteiger partial charge in [-0.1, -0.05) is 0 Å². The highest BCUT2D eigenvalue weighted by Gasteiger charge is 2.22. The van der Waals surface area contributed by atoms with Gasteiger partial charge in [-0.2, -0.15) is 10.4 Å². The van der Waals surface area contributed by atoms with Gasteiger partial charge in [0.2, 0.25) is 0 Å². The van der Waals surface area contributed by atoms with E-state index in [4.69, 9.17) is 11.0 Å². The number of aromatic nitrogens is 2. The minimum absolute atomic E-state index is 0.147. The third kappa shape index (κ3) is 2.80. The Hall–Kier alpha value is -1.34. The molecule has 0 saturated heterocycles. The molecule has 0 bridgehead atoms. The lowest BCUT2D eigenvalue weighted by Crippen LogP contribution is -2.36. The Morgan fingerprint density at radius 3 is 2.67 bits per heavy atom. The van der Waals surface area contributed by atoms with Crippen molar-refractivity contribution in [2.24, 2.45) is 5.73 Å². The molecule has 4 heteroatoms. The molecule has 0 aliphatic carbocycles. The second kappa shape index (κ2) is 4.03. The Morgan fingerprint density at radius 2 is 2.27 bits per heavy atom. The van der Waals surface area contributed by atoms with E-state index in [0.717, 1.165) is 11.4 Å². The fourth-order valence-electron chi connectivity index (χ4n) is 1.84. The van der Waals surface area contributed by atoms with Crippen LogP contribution in [0.25, 0.3) is 0 Å². The van der Waals surface area contributed by atoms with Crippen molar-refractivity contribution in [1.29, 1.82) is 5.26 Å². The summed E-state index contributed by atoms with van der Waals surface area (Å²) in [4.78, 5) is 0. The highest BCUT2D eigenvalue weighted by atomic mass is 15.3. The van der Waals surface area contributed by atoms with Crippen LogP contribution in [-0.2, 0) is 0 Å². The van der Waals surface area contributed by atoms with Crippen molar-refractivity contribution < 1.29 is 0 Å². The Labute approximate surface area is 90.7 Å². The lowest BCUT2D eigenvalue weighted by Gasteiger charge is -2.21. The number of hydrogen-bond donors (Lipinski definition) is 1. The van der Waals surface area contributed by atoms with E-state index in [1.54, 1.807) is 6.92 Å². The molecule has 0 spiro atoms. The Morgan fingerprint density at radius 1 is 1.67 bits per heavy atom. The summed E-state index contributed by atoms with van der Waals surface area (Å²) in [6, 6.07) is 4.28. The van der Waals surface area contributed by atoms with Crippen LogP contribution < -0.4 is 5.73 Å². The van der Waals surface area contributed by atoms with Crippen molar-refractivity contribution in [2.75, 3.05) is 0 Å². The summed E-state index contributed by atoms with van der Waals surface area (Å²) in [7, 11) is 0. The number of hydrogen-bond acceptors (Lipinski definition) is 3. The van der Waals surface area contributed by atoms with Crippen molar-refractivity contribution in [3.05, 3.63) is 17.5 Å². The SMILES string of the molecule is Cc1cc(C)n(C(C)CC(C)(N)C#N)n1. The quantitative estimate of drug-likeness (QED) is 0.818. The highest BCUT2D eigenvalue weighted by molar-refractivity contribution is 5.09. The van der Waals surface area contributed by atoms with Gasteiger partial charge < -0.3 is 5.73 Å². The van der Waals surface area contributed by atoms with Gasteiger partial charge in [0, 0.05) is 12.1 Å². The zero-order valence-electron chi connectivity index (χ0n) is 9.78. The maximum atomic E-state index is 8.86. The second-order valence-corrected chi connectivity index (χ2v) is 4.45. The predicted octanol–water partition coefficient (Wildman–Crippen LogP) is 1.69. The summed E-state index contributed by atoms with van der Waals surface area (Å²) in [5.41, 5.74) is 7.12. The maximum Gasteiger partial charge on any atom is 0.103 e. The van der Waals surface area contributed by atoms with E-state index < -0.39 is 5.54 Å². The summed E-state index contributed by atoms with van der Waals surface area (Å²) in [6.45, 7) is 7.75. The molecule has 0 fully saturated rings. The summed E-state index contributed by atoms with van der Waals surface area (Å²) in [5.74, 6) is 0. The third-order valence-electron chi connectivity index (χ3n) is 2.44. The van der Waals surface area contributed by atoms with Gasteiger partial charge in [0.15, 0.2) is 0 Å². The minimum Gasteiger partial charge on any atom is -0.314 e. The molecule has 2 atom stereocenters. The van der Waals surface area contributed by atoms with E-state index in [1.165, 1.54) is 0 Å². The number of nitriles is 1.